The van der Waals surface area contributed by atoms with E-state index in [4.69, 9.17) is 8.92 Å². The quantitative estimate of drug-likeness (QED) is 0.579. The average molecular weight is 386 g/mol. The standard InChI is InChI=1S/C21H22O5S/c1-14-10-12-17(13-11-14)27(23,24)26-18-15(2)20(22)25-19(21(18,3)4)16-8-6-5-7-9-16/h5-13,19H,1-4H3. The Hall–Kier alpha value is -2.60. The van der Waals surface area contributed by atoms with Gasteiger partial charge in [0.25, 0.3) is 0 Å². The van der Waals surface area contributed by atoms with Crippen molar-refractivity contribution >= 4 is 16.1 Å². The van der Waals surface area contributed by atoms with Crippen LogP contribution >= 0.6 is 0 Å². The summed E-state index contributed by atoms with van der Waals surface area (Å²) in [6.07, 6.45) is -0.655. The Morgan fingerprint density at radius 2 is 1.56 bits per heavy atom. The maximum Gasteiger partial charge on any atom is 0.338 e. The van der Waals surface area contributed by atoms with Crippen LogP contribution in [0.5, 0.6) is 0 Å². The Bertz CT molecular complexity index is 987. The molecule has 1 atom stereocenters. The van der Waals surface area contributed by atoms with Crippen LogP contribution in [0, 0.1) is 12.3 Å². The molecule has 2 aromatic carbocycles. The molecule has 1 unspecified atom stereocenters. The molecule has 1 heterocycles. The summed E-state index contributed by atoms with van der Waals surface area (Å²) < 4.78 is 36.7. The third-order valence-corrected chi connectivity index (χ3v) is 5.95. The van der Waals surface area contributed by atoms with Crippen LogP contribution in [0.4, 0.5) is 0 Å². The molecule has 142 valence electrons. The van der Waals surface area contributed by atoms with Crippen LogP contribution in [-0.2, 0) is 23.8 Å². The zero-order valence-electron chi connectivity index (χ0n) is 15.7. The molecule has 0 spiro atoms. The number of benzene rings is 2. The van der Waals surface area contributed by atoms with E-state index in [-0.39, 0.29) is 16.2 Å². The second kappa shape index (κ2) is 6.85. The van der Waals surface area contributed by atoms with Crippen LogP contribution in [0.2, 0.25) is 0 Å². The highest BCUT2D eigenvalue weighted by Gasteiger charge is 2.46. The first kappa shape index (κ1) is 19.2. The molecule has 0 amide bonds. The Morgan fingerprint density at radius 1 is 0.963 bits per heavy atom. The molecule has 0 bridgehead atoms. The fourth-order valence-corrected chi connectivity index (χ4v) is 4.31. The Balaban J connectivity index is 2.03. The summed E-state index contributed by atoms with van der Waals surface area (Å²) in [5, 5.41) is 0. The van der Waals surface area contributed by atoms with Crippen molar-refractivity contribution in [2.24, 2.45) is 5.41 Å². The minimum Gasteiger partial charge on any atom is -0.453 e. The lowest BCUT2D eigenvalue weighted by Crippen LogP contribution is -2.37. The van der Waals surface area contributed by atoms with Gasteiger partial charge < -0.3 is 8.92 Å². The van der Waals surface area contributed by atoms with Crippen molar-refractivity contribution in [2.75, 3.05) is 0 Å². The van der Waals surface area contributed by atoms with Crippen LogP contribution in [0.3, 0.4) is 0 Å². The maximum atomic E-state index is 12.8. The Labute approximate surface area is 159 Å². The van der Waals surface area contributed by atoms with Gasteiger partial charge in [0.1, 0.15) is 16.8 Å². The van der Waals surface area contributed by atoms with Crippen molar-refractivity contribution in [3.63, 3.8) is 0 Å². The number of ether oxygens (including phenoxy) is 1. The first-order valence-corrected chi connectivity index (χ1v) is 10.0. The van der Waals surface area contributed by atoms with E-state index >= 15 is 0 Å². The zero-order chi connectivity index (χ0) is 19.8. The first-order valence-electron chi connectivity index (χ1n) is 8.61. The summed E-state index contributed by atoms with van der Waals surface area (Å²) in [5.41, 5.74) is 1.01. The second-order valence-electron chi connectivity index (χ2n) is 7.22. The van der Waals surface area contributed by atoms with Crippen LogP contribution in [0.25, 0.3) is 0 Å². The topological polar surface area (TPSA) is 69.7 Å². The molecule has 0 saturated heterocycles. The Kier molecular flexibility index (Phi) is 4.86. The van der Waals surface area contributed by atoms with Crippen molar-refractivity contribution in [2.45, 2.75) is 38.7 Å². The number of rotatable bonds is 4. The number of hydrogen-bond donors (Lipinski definition) is 0. The molecule has 1 aliphatic rings. The monoisotopic (exact) mass is 386 g/mol. The number of esters is 1. The van der Waals surface area contributed by atoms with Crippen molar-refractivity contribution in [3.8, 4) is 0 Å². The molecule has 1 aliphatic heterocycles. The van der Waals surface area contributed by atoms with Gasteiger partial charge in [0.2, 0.25) is 0 Å². The number of carbonyl (C=O) groups is 1. The van der Waals surface area contributed by atoms with Crippen molar-refractivity contribution in [3.05, 3.63) is 77.1 Å². The van der Waals surface area contributed by atoms with Gasteiger partial charge in [-0.05, 0) is 45.4 Å². The molecule has 0 aromatic heterocycles. The van der Waals surface area contributed by atoms with Crippen molar-refractivity contribution in [1.29, 1.82) is 0 Å². The fraction of sp³-hybridized carbons (Fsp3) is 0.286. The summed E-state index contributed by atoms with van der Waals surface area (Å²) in [4.78, 5) is 12.4. The molecule has 0 radical (unpaired) electrons. The lowest BCUT2D eigenvalue weighted by atomic mass is 9.77. The van der Waals surface area contributed by atoms with Crippen LogP contribution in [-0.4, -0.2) is 14.4 Å². The lowest BCUT2D eigenvalue weighted by Gasteiger charge is -2.39. The van der Waals surface area contributed by atoms with Crippen LogP contribution in [0.1, 0.15) is 38.0 Å². The molecular weight excluding hydrogens is 364 g/mol. The molecule has 2 aromatic rings. The van der Waals surface area contributed by atoms with E-state index in [1.807, 2.05) is 37.3 Å². The van der Waals surface area contributed by atoms with Gasteiger partial charge in [-0.1, -0.05) is 48.0 Å². The number of aryl methyl sites for hydroxylation is 1. The molecule has 0 N–H and O–H groups in total. The van der Waals surface area contributed by atoms with Gasteiger partial charge in [-0.3, -0.25) is 0 Å². The molecule has 3 rings (SSSR count). The van der Waals surface area contributed by atoms with Gasteiger partial charge in [0.05, 0.1) is 11.0 Å². The summed E-state index contributed by atoms with van der Waals surface area (Å²) in [6.45, 7) is 7.00. The zero-order valence-corrected chi connectivity index (χ0v) is 16.5. The summed E-state index contributed by atoms with van der Waals surface area (Å²) in [5.74, 6) is -0.481. The van der Waals surface area contributed by atoms with E-state index in [1.165, 1.54) is 19.1 Å². The van der Waals surface area contributed by atoms with E-state index in [9.17, 15) is 13.2 Å². The van der Waals surface area contributed by atoms with Gasteiger partial charge in [-0.25, -0.2) is 4.79 Å². The minimum absolute atomic E-state index is 0.0411. The summed E-state index contributed by atoms with van der Waals surface area (Å²) in [6, 6.07) is 15.6. The molecular formula is C21H22O5S. The summed E-state index contributed by atoms with van der Waals surface area (Å²) >= 11 is 0. The molecule has 0 fully saturated rings. The highest BCUT2D eigenvalue weighted by Crippen LogP contribution is 2.48. The lowest BCUT2D eigenvalue weighted by molar-refractivity contribution is -0.154. The average Bonchev–Trinajstić information content (AvgIpc) is 2.63. The smallest absolute Gasteiger partial charge is 0.338 e. The third-order valence-electron chi connectivity index (χ3n) is 4.72. The van der Waals surface area contributed by atoms with Gasteiger partial charge in [-0.2, -0.15) is 8.42 Å². The Morgan fingerprint density at radius 3 is 2.15 bits per heavy atom. The normalized spacial score (nSPS) is 19.6. The summed E-state index contributed by atoms with van der Waals surface area (Å²) in [7, 11) is -4.08. The molecule has 0 aliphatic carbocycles. The minimum atomic E-state index is -4.08. The van der Waals surface area contributed by atoms with E-state index in [0.29, 0.717) is 0 Å². The number of cyclic esters (lactones) is 1. The third kappa shape index (κ3) is 3.62. The SMILES string of the molecule is CC1=C(OS(=O)(=O)c2ccc(C)cc2)C(C)(C)C(c2ccccc2)OC1=O. The first-order chi connectivity index (χ1) is 12.6. The van der Waals surface area contributed by atoms with Crippen LogP contribution in [0.15, 0.2) is 70.8 Å². The van der Waals surface area contributed by atoms with Crippen molar-refractivity contribution < 1.29 is 22.1 Å². The van der Waals surface area contributed by atoms with Crippen molar-refractivity contribution in [1.82, 2.24) is 0 Å². The van der Waals surface area contributed by atoms with Gasteiger partial charge in [0, 0.05) is 0 Å². The predicted molar refractivity (Wildman–Crippen MR) is 101 cm³/mol. The number of carbonyl (C=O) groups excluding carboxylic acids is 1. The molecule has 0 saturated carbocycles. The largest absolute Gasteiger partial charge is 0.453 e. The van der Waals surface area contributed by atoms with Gasteiger partial charge >= 0.3 is 16.1 Å². The molecule has 6 heteroatoms. The molecule has 5 nitrogen and oxygen atoms in total. The van der Waals surface area contributed by atoms with Crippen LogP contribution < -0.4 is 0 Å². The van der Waals surface area contributed by atoms with E-state index in [0.717, 1.165) is 11.1 Å². The maximum absolute atomic E-state index is 12.8. The van der Waals surface area contributed by atoms with Gasteiger partial charge in [-0.15, -0.1) is 0 Å². The highest BCUT2D eigenvalue weighted by atomic mass is 32.2. The van der Waals surface area contributed by atoms with Gasteiger partial charge in [0.15, 0.2) is 0 Å². The fourth-order valence-electron chi connectivity index (χ4n) is 3.18. The second-order valence-corrected chi connectivity index (χ2v) is 8.77. The molecule has 27 heavy (non-hydrogen) atoms. The van der Waals surface area contributed by atoms with E-state index < -0.39 is 27.6 Å². The van der Waals surface area contributed by atoms with E-state index in [2.05, 4.69) is 0 Å². The highest BCUT2D eigenvalue weighted by molar-refractivity contribution is 7.86. The van der Waals surface area contributed by atoms with E-state index in [1.54, 1.807) is 26.0 Å². The number of hydrogen-bond acceptors (Lipinski definition) is 5. The predicted octanol–water partition coefficient (Wildman–Crippen LogP) is 4.30.